The highest BCUT2D eigenvalue weighted by molar-refractivity contribution is 5.94. The average molecular weight is 405 g/mol. The molecule has 1 aliphatic heterocycles. The van der Waals surface area contributed by atoms with Crippen molar-refractivity contribution in [3.8, 4) is 22.8 Å². The number of amides is 1. The van der Waals surface area contributed by atoms with Gasteiger partial charge in [-0.05, 0) is 42.5 Å². The standard InChI is InChI=1S/C22H23N5O3/c1-29-17-5-7-20(30-2)18(14-17)19-6-8-21(25-24-19)26-10-12-27(13-11-26)22(28)16-4-3-9-23-15-16/h3-9,14-15H,10-13H2,1-2H3. The zero-order valence-corrected chi connectivity index (χ0v) is 17.0. The van der Waals surface area contributed by atoms with Crippen molar-refractivity contribution < 1.29 is 14.3 Å². The number of rotatable bonds is 5. The molecule has 1 amide bonds. The van der Waals surface area contributed by atoms with Crippen LogP contribution < -0.4 is 14.4 Å². The first-order chi connectivity index (χ1) is 14.7. The van der Waals surface area contributed by atoms with Crippen molar-refractivity contribution in [2.75, 3.05) is 45.3 Å². The highest BCUT2D eigenvalue weighted by atomic mass is 16.5. The fourth-order valence-electron chi connectivity index (χ4n) is 3.46. The molecule has 0 unspecified atom stereocenters. The number of pyridine rings is 1. The Labute approximate surface area is 175 Å². The summed E-state index contributed by atoms with van der Waals surface area (Å²) in [5.41, 5.74) is 2.14. The van der Waals surface area contributed by atoms with E-state index >= 15 is 0 Å². The van der Waals surface area contributed by atoms with Crippen LogP contribution in [0.3, 0.4) is 0 Å². The monoisotopic (exact) mass is 405 g/mol. The number of methoxy groups -OCH3 is 2. The van der Waals surface area contributed by atoms with Crippen molar-refractivity contribution in [1.29, 1.82) is 0 Å². The van der Waals surface area contributed by atoms with Crippen LogP contribution in [-0.2, 0) is 0 Å². The number of hydrogen-bond acceptors (Lipinski definition) is 7. The van der Waals surface area contributed by atoms with Crippen LogP contribution in [-0.4, -0.2) is 66.4 Å². The van der Waals surface area contributed by atoms with Gasteiger partial charge in [0.15, 0.2) is 5.82 Å². The largest absolute Gasteiger partial charge is 0.497 e. The molecule has 8 nitrogen and oxygen atoms in total. The van der Waals surface area contributed by atoms with Crippen LogP contribution in [0.1, 0.15) is 10.4 Å². The van der Waals surface area contributed by atoms with E-state index in [1.165, 1.54) is 0 Å². The second-order valence-electron chi connectivity index (χ2n) is 6.86. The van der Waals surface area contributed by atoms with E-state index in [-0.39, 0.29) is 5.91 Å². The number of hydrogen-bond donors (Lipinski definition) is 0. The van der Waals surface area contributed by atoms with Gasteiger partial charge in [0, 0.05) is 44.1 Å². The third-order valence-electron chi connectivity index (χ3n) is 5.13. The highest BCUT2D eigenvalue weighted by Crippen LogP contribution is 2.32. The minimum atomic E-state index is 0.00861. The van der Waals surface area contributed by atoms with Gasteiger partial charge in [-0.15, -0.1) is 10.2 Å². The lowest BCUT2D eigenvalue weighted by atomic mass is 10.1. The van der Waals surface area contributed by atoms with Crippen molar-refractivity contribution in [3.63, 3.8) is 0 Å². The number of anilines is 1. The number of piperazine rings is 1. The number of aromatic nitrogens is 3. The third kappa shape index (κ3) is 4.03. The summed E-state index contributed by atoms with van der Waals surface area (Å²) in [7, 11) is 3.25. The Kier molecular flexibility index (Phi) is 5.74. The summed E-state index contributed by atoms with van der Waals surface area (Å²) in [5.74, 6) is 2.23. The van der Waals surface area contributed by atoms with E-state index in [1.807, 2.05) is 35.2 Å². The minimum Gasteiger partial charge on any atom is -0.497 e. The molecule has 154 valence electrons. The molecule has 0 radical (unpaired) electrons. The molecule has 8 heteroatoms. The van der Waals surface area contributed by atoms with Gasteiger partial charge >= 0.3 is 0 Å². The lowest BCUT2D eigenvalue weighted by Crippen LogP contribution is -2.49. The molecule has 2 aromatic heterocycles. The van der Waals surface area contributed by atoms with Crippen LogP contribution >= 0.6 is 0 Å². The quantitative estimate of drug-likeness (QED) is 0.645. The maximum Gasteiger partial charge on any atom is 0.255 e. The van der Waals surface area contributed by atoms with Crippen molar-refractivity contribution in [2.45, 2.75) is 0 Å². The van der Waals surface area contributed by atoms with Gasteiger partial charge in [0.2, 0.25) is 0 Å². The topological polar surface area (TPSA) is 80.7 Å². The van der Waals surface area contributed by atoms with Gasteiger partial charge in [0.25, 0.3) is 5.91 Å². The molecule has 0 aliphatic carbocycles. The van der Waals surface area contributed by atoms with E-state index in [2.05, 4.69) is 20.1 Å². The molecule has 3 aromatic rings. The summed E-state index contributed by atoms with van der Waals surface area (Å²) >= 11 is 0. The molecule has 0 bridgehead atoms. The van der Waals surface area contributed by atoms with Gasteiger partial charge < -0.3 is 19.3 Å². The van der Waals surface area contributed by atoms with Crippen molar-refractivity contribution in [3.05, 3.63) is 60.4 Å². The number of nitrogens with zero attached hydrogens (tertiary/aromatic N) is 5. The number of benzene rings is 1. The van der Waals surface area contributed by atoms with Gasteiger partial charge in [-0.2, -0.15) is 0 Å². The summed E-state index contributed by atoms with van der Waals surface area (Å²) in [5, 5.41) is 8.80. The van der Waals surface area contributed by atoms with Crippen LogP contribution in [0.15, 0.2) is 54.9 Å². The highest BCUT2D eigenvalue weighted by Gasteiger charge is 2.23. The first-order valence-electron chi connectivity index (χ1n) is 9.70. The molecule has 0 spiro atoms. The van der Waals surface area contributed by atoms with Crippen LogP contribution in [0.25, 0.3) is 11.3 Å². The SMILES string of the molecule is COc1ccc(OC)c(-c2ccc(N3CCN(C(=O)c4cccnc4)CC3)nn2)c1. The fraction of sp³-hybridized carbons (Fsp3) is 0.273. The predicted molar refractivity (Wildman–Crippen MR) is 113 cm³/mol. The summed E-state index contributed by atoms with van der Waals surface area (Å²) in [6.45, 7) is 2.65. The molecule has 1 aromatic carbocycles. The summed E-state index contributed by atoms with van der Waals surface area (Å²) in [4.78, 5) is 20.6. The van der Waals surface area contributed by atoms with Crippen molar-refractivity contribution in [2.24, 2.45) is 0 Å². The first-order valence-corrected chi connectivity index (χ1v) is 9.70. The van der Waals surface area contributed by atoms with E-state index in [0.29, 0.717) is 43.2 Å². The van der Waals surface area contributed by atoms with E-state index in [9.17, 15) is 4.79 Å². The first kappa shape index (κ1) is 19.6. The van der Waals surface area contributed by atoms with Gasteiger partial charge in [-0.25, -0.2) is 0 Å². The molecule has 1 fully saturated rings. The Morgan fingerprint density at radius 3 is 2.43 bits per heavy atom. The summed E-state index contributed by atoms with van der Waals surface area (Å²) < 4.78 is 10.7. The molecule has 3 heterocycles. The van der Waals surface area contributed by atoms with Gasteiger partial charge in [-0.3, -0.25) is 9.78 Å². The minimum absolute atomic E-state index is 0.00861. The Morgan fingerprint density at radius 1 is 0.967 bits per heavy atom. The molecule has 0 atom stereocenters. The molecular formula is C22H23N5O3. The maximum absolute atomic E-state index is 12.6. The predicted octanol–water partition coefficient (Wildman–Crippen LogP) is 2.52. The van der Waals surface area contributed by atoms with Crippen LogP contribution in [0.5, 0.6) is 11.5 Å². The van der Waals surface area contributed by atoms with Gasteiger partial charge in [-0.1, -0.05) is 0 Å². The Morgan fingerprint density at radius 2 is 1.80 bits per heavy atom. The van der Waals surface area contributed by atoms with E-state index in [1.54, 1.807) is 38.7 Å². The molecular weight excluding hydrogens is 382 g/mol. The zero-order chi connectivity index (χ0) is 20.9. The molecule has 1 saturated heterocycles. The number of carbonyl (C=O) groups excluding carboxylic acids is 1. The zero-order valence-electron chi connectivity index (χ0n) is 17.0. The third-order valence-corrected chi connectivity index (χ3v) is 5.13. The average Bonchev–Trinajstić information content (AvgIpc) is 2.84. The fourth-order valence-corrected chi connectivity index (χ4v) is 3.46. The summed E-state index contributed by atoms with van der Waals surface area (Å²) in [6.07, 6.45) is 3.27. The van der Waals surface area contributed by atoms with Crippen molar-refractivity contribution in [1.82, 2.24) is 20.1 Å². The number of ether oxygens (including phenoxy) is 2. The molecule has 4 rings (SSSR count). The van der Waals surface area contributed by atoms with Crippen LogP contribution in [0.4, 0.5) is 5.82 Å². The normalized spacial score (nSPS) is 13.8. The van der Waals surface area contributed by atoms with E-state index in [0.717, 1.165) is 17.1 Å². The van der Waals surface area contributed by atoms with Crippen LogP contribution in [0.2, 0.25) is 0 Å². The second-order valence-corrected chi connectivity index (χ2v) is 6.86. The lowest BCUT2D eigenvalue weighted by Gasteiger charge is -2.35. The Bertz CT molecular complexity index is 1000. The maximum atomic E-state index is 12.6. The smallest absolute Gasteiger partial charge is 0.255 e. The molecule has 0 N–H and O–H groups in total. The second kappa shape index (κ2) is 8.77. The van der Waals surface area contributed by atoms with E-state index in [4.69, 9.17) is 9.47 Å². The Hall–Kier alpha value is -3.68. The summed E-state index contributed by atoms with van der Waals surface area (Å²) in [6, 6.07) is 13.0. The Balaban J connectivity index is 1.44. The van der Waals surface area contributed by atoms with E-state index < -0.39 is 0 Å². The number of carbonyl (C=O) groups is 1. The van der Waals surface area contributed by atoms with Gasteiger partial charge in [0.05, 0.1) is 25.5 Å². The molecule has 0 saturated carbocycles. The van der Waals surface area contributed by atoms with Crippen LogP contribution in [0, 0.1) is 0 Å². The van der Waals surface area contributed by atoms with Crippen molar-refractivity contribution >= 4 is 11.7 Å². The molecule has 30 heavy (non-hydrogen) atoms. The lowest BCUT2D eigenvalue weighted by molar-refractivity contribution is 0.0746. The van der Waals surface area contributed by atoms with Gasteiger partial charge in [0.1, 0.15) is 11.5 Å². The molecule has 1 aliphatic rings.